The van der Waals surface area contributed by atoms with Crippen LogP contribution in [-0.4, -0.2) is 10.9 Å². The maximum absolute atomic E-state index is 10.8. The fraction of sp³-hybridized carbons (Fsp3) is 0.308. The molecule has 0 aliphatic heterocycles. The molecule has 2 aromatic rings. The Labute approximate surface area is 109 Å². The van der Waals surface area contributed by atoms with Crippen LogP contribution in [0.3, 0.4) is 0 Å². The van der Waals surface area contributed by atoms with Crippen molar-refractivity contribution in [2.24, 2.45) is 0 Å². The standard InChI is InChI=1S/C13H15NO3S/c1-2-10-5-3-4-6-12(10)16-9-18-8-11-7-14-13(15)17-11/h3-7H,2,8-9H2,1H3,(H,14,15). The van der Waals surface area contributed by atoms with Crippen molar-refractivity contribution in [1.82, 2.24) is 4.98 Å². The topological polar surface area (TPSA) is 55.2 Å². The van der Waals surface area contributed by atoms with Gasteiger partial charge in [0.05, 0.1) is 5.75 Å². The summed E-state index contributed by atoms with van der Waals surface area (Å²) >= 11 is 1.56. The van der Waals surface area contributed by atoms with E-state index in [9.17, 15) is 4.79 Å². The number of rotatable bonds is 6. The number of nitrogens with one attached hydrogen (secondary N) is 1. The average molecular weight is 265 g/mol. The van der Waals surface area contributed by atoms with Gasteiger partial charge in [-0.05, 0) is 18.1 Å². The zero-order valence-electron chi connectivity index (χ0n) is 10.1. The van der Waals surface area contributed by atoms with Gasteiger partial charge in [0, 0.05) is 6.20 Å². The van der Waals surface area contributed by atoms with Crippen molar-refractivity contribution in [2.45, 2.75) is 19.1 Å². The number of hydrogen-bond acceptors (Lipinski definition) is 4. The van der Waals surface area contributed by atoms with Crippen LogP contribution in [0.2, 0.25) is 0 Å². The van der Waals surface area contributed by atoms with E-state index in [-0.39, 0.29) is 0 Å². The molecule has 0 spiro atoms. The van der Waals surface area contributed by atoms with Gasteiger partial charge < -0.3 is 9.15 Å². The fourth-order valence-electron chi connectivity index (χ4n) is 1.57. The van der Waals surface area contributed by atoms with E-state index < -0.39 is 5.76 Å². The molecular weight excluding hydrogens is 250 g/mol. The molecule has 0 aliphatic carbocycles. The Morgan fingerprint density at radius 2 is 2.22 bits per heavy atom. The van der Waals surface area contributed by atoms with Crippen LogP contribution in [0.1, 0.15) is 18.2 Å². The third-order valence-electron chi connectivity index (χ3n) is 2.47. The summed E-state index contributed by atoms with van der Waals surface area (Å²) in [7, 11) is 0. The molecule has 1 aromatic carbocycles. The summed E-state index contributed by atoms with van der Waals surface area (Å²) in [5.74, 6) is 2.29. The SMILES string of the molecule is CCc1ccccc1OCSCc1c[nH]c(=O)o1. The van der Waals surface area contributed by atoms with Gasteiger partial charge in [-0.1, -0.05) is 25.1 Å². The highest BCUT2D eigenvalue weighted by molar-refractivity contribution is 7.98. The first-order chi connectivity index (χ1) is 8.79. The lowest BCUT2D eigenvalue weighted by molar-refractivity contribution is 0.388. The smallest absolute Gasteiger partial charge is 0.416 e. The van der Waals surface area contributed by atoms with Gasteiger partial charge in [-0.25, -0.2) is 4.79 Å². The van der Waals surface area contributed by atoms with Crippen LogP contribution in [0.25, 0.3) is 0 Å². The quantitative estimate of drug-likeness (QED) is 0.644. The Hall–Kier alpha value is -1.62. The molecule has 2 rings (SSSR count). The van der Waals surface area contributed by atoms with Crippen molar-refractivity contribution in [3.8, 4) is 5.75 Å². The molecule has 96 valence electrons. The summed E-state index contributed by atoms with van der Waals surface area (Å²) in [6, 6.07) is 8.00. The first kappa shape index (κ1) is 12.8. The number of thioether (sulfide) groups is 1. The van der Waals surface area contributed by atoms with E-state index in [2.05, 4.69) is 18.0 Å². The van der Waals surface area contributed by atoms with Gasteiger partial charge in [0.15, 0.2) is 0 Å². The van der Waals surface area contributed by atoms with E-state index in [4.69, 9.17) is 9.15 Å². The monoisotopic (exact) mass is 265 g/mol. The van der Waals surface area contributed by atoms with Gasteiger partial charge in [-0.2, -0.15) is 0 Å². The molecule has 18 heavy (non-hydrogen) atoms. The van der Waals surface area contributed by atoms with Crippen LogP contribution in [0.5, 0.6) is 5.75 Å². The van der Waals surface area contributed by atoms with Crippen LogP contribution in [0, 0.1) is 0 Å². The summed E-state index contributed by atoms with van der Waals surface area (Å²) in [6.07, 6.45) is 2.53. The Kier molecular flexibility index (Phi) is 4.52. The molecule has 1 aromatic heterocycles. The minimum Gasteiger partial charge on any atom is -0.483 e. The predicted octanol–water partition coefficient (Wildman–Crippen LogP) is 2.80. The molecule has 0 atom stereocenters. The van der Waals surface area contributed by atoms with Gasteiger partial charge in [0.1, 0.15) is 17.4 Å². The van der Waals surface area contributed by atoms with Crippen LogP contribution < -0.4 is 10.5 Å². The molecule has 0 radical (unpaired) electrons. The molecule has 1 N–H and O–H groups in total. The summed E-state index contributed by atoms with van der Waals surface area (Å²) in [4.78, 5) is 13.2. The summed E-state index contributed by atoms with van der Waals surface area (Å²) in [5, 5.41) is 0. The van der Waals surface area contributed by atoms with Crippen LogP contribution in [0.4, 0.5) is 0 Å². The van der Waals surface area contributed by atoms with Crippen molar-refractivity contribution >= 4 is 11.8 Å². The number of H-pyrrole nitrogens is 1. The number of aryl methyl sites for hydroxylation is 1. The van der Waals surface area contributed by atoms with Gasteiger partial charge in [0.2, 0.25) is 0 Å². The maximum atomic E-state index is 10.8. The molecule has 0 bridgehead atoms. The van der Waals surface area contributed by atoms with Gasteiger partial charge in [0.25, 0.3) is 0 Å². The summed E-state index contributed by atoms with van der Waals surface area (Å²) in [5.41, 5.74) is 1.20. The van der Waals surface area contributed by atoms with E-state index in [1.54, 1.807) is 18.0 Å². The highest BCUT2D eigenvalue weighted by Crippen LogP contribution is 2.20. The first-order valence-corrected chi connectivity index (χ1v) is 6.91. The highest BCUT2D eigenvalue weighted by Gasteiger charge is 2.02. The zero-order chi connectivity index (χ0) is 12.8. The van der Waals surface area contributed by atoms with Gasteiger partial charge in [-0.15, -0.1) is 11.8 Å². The average Bonchev–Trinajstić information content (AvgIpc) is 2.81. The van der Waals surface area contributed by atoms with Gasteiger partial charge in [-0.3, -0.25) is 4.98 Å². The lowest BCUT2D eigenvalue weighted by Gasteiger charge is -2.09. The third kappa shape index (κ3) is 3.43. The molecule has 0 fully saturated rings. The zero-order valence-corrected chi connectivity index (χ0v) is 11.0. The second-order valence-corrected chi connectivity index (χ2v) is 4.65. The number of aromatic nitrogens is 1. The van der Waals surface area contributed by atoms with E-state index in [1.165, 1.54) is 5.56 Å². The van der Waals surface area contributed by atoms with Crippen LogP contribution >= 0.6 is 11.8 Å². The maximum Gasteiger partial charge on any atom is 0.416 e. The summed E-state index contributed by atoms with van der Waals surface area (Å²) in [6.45, 7) is 2.10. The minimum absolute atomic E-state index is 0.414. The van der Waals surface area contributed by atoms with E-state index in [0.717, 1.165) is 12.2 Å². The molecule has 0 aliphatic rings. The Balaban J connectivity index is 1.80. The third-order valence-corrected chi connectivity index (χ3v) is 3.24. The Bertz CT molecular complexity index is 547. The first-order valence-electron chi connectivity index (χ1n) is 5.75. The molecule has 5 heteroatoms. The summed E-state index contributed by atoms with van der Waals surface area (Å²) < 4.78 is 10.6. The second kappa shape index (κ2) is 6.35. The number of ether oxygens (including phenoxy) is 1. The second-order valence-electron chi connectivity index (χ2n) is 3.72. The largest absolute Gasteiger partial charge is 0.483 e. The normalized spacial score (nSPS) is 10.5. The minimum atomic E-state index is -0.414. The number of hydrogen-bond donors (Lipinski definition) is 1. The van der Waals surface area contributed by atoms with E-state index >= 15 is 0 Å². The molecule has 0 saturated heterocycles. The van der Waals surface area contributed by atoms with Crippen LogP contribution in [-0.2, 0) is 12.2 Å². The lowest BCUT2D eigenvalue weighted by atomic mass is 10.1. The molecule has 0 saturated carbocycles. The fourth-order valence-corrected chi connectivity index (χ4v) is 2.21. The predicted molar refractivity (Wildman–Crippen MR) is 71.9 cm³/mol. The van der Waals surface area contributed by atoms with Crippen molar-refractivity contribution in [3.63, 3.8) is 0 Å². The molecule has 0 amide bonds. The molecule has 0 unspecified atom stereocenters. The highest BCUT2D eigenvalue weighted by atomic mass is 32.2. The Morgan fingerprint density at radius 3 is 2.94 bits per heavy atom. The Morgan fingerprint density at radius 1 is 1.39 bits per heavy atom. The number of aromatic amines is 1. The van der Waals surface area contributed by atoms with Crippen molar-refractivity contribution in [3.05, 3.63) is 52.3 Å². The van der Waals surface area contributed by atoms with Crippen LogP contribution in [0.15, 0.2) is 39.7 Å². The molecular formula is C13H15NO3S. The van der Waals surface area contributed by atoms with Crippen molar-refractivity contribution in [1.29, 1.82) is 0 Å². The molecule has 1 heterocycles. The van der Waals surface area contributed by atoms with Gasteiger partial charge >= 0.3 is 5.76 Å². The van der Waals surface area contributed by atoms with E-state index in [0.29, 0.717) is 17.5 Å². The van der Waals surface area contributed by atoms with Crippen molar-refractivity contribution < 1.29 is 9.15 Å². The number of oxazole rings is 1. The van der Waals surface area contributed by atoms with E-state index in [1.807, 2.05) is 18.2 Å². The number of para-hydroxylation sites is 1. The number of benzene rings is 1. The lowest BCUT2D eigenvalue weighted by Crippen LogP contribution is -1.97. The molecule has 4 nitrogen and oxygen atoms in total. The van der Waals surface area contributed by atoms with Crippen molar-refractivity contribution in [2.75, 3.05) is 5.94 Å².